The fourth-order valence-corrected chi connectivity index (χ4v) is 2.67. The van der Waals surface area contributed by atoms with E-state index in [1.807, 2.05) is 6.08 Å². The highest BCUT2D eigenvalue weighted by atomic mass is 16.3. The summed E-state index contributed by atoms with van der Waals surface area (Å²) in [7, 11) is 0. The third-order valence-electron chi connectivity index (χ3n) is 3.88. The van der Waals surface area contributed by atoms with Crippen LogP contribution in [-0.2, 0) is 13.1 Å². The van der Waals surface area contributed by atoms with Crippen molar-refractivity contribution in [2.45, 2.75) is 20.0 Å². The summed E-state index contributed by atoms with van der Waals surface area (Å²) >= 11 is 0. The van der Waals surface area contributed by atoms with E-state index in [0.717, 1.165) is 13.1 Å². The first-order valence-electron chi connectivity index (χ1n) is 6.72. The van der Waals surface area contributed by atoms with Gasteiger partial charge >= 0.3 is 0 Å². The molecule has 1 aliphatic carbocycles. The zero-order valence-electron chi connectivity index (χ0n) is 11.2. The fraction of sp³-hybridized carbons (Fsp3) is 0.294. The van der Waals surface area contributed by atoms with Crippen LogP contribution in [0, 0.1) is 5.41 Å². The number of aliphatic hydroxyl groups excluding tert-OH is 1. The molecule has 1 N–H and O–H groups in total. The van der Waals surface area contributed by atoms with Gasteiger partial charge < -0.3 is 10.0 Å². The van der Waals surface area contributed by atoms with E-state index < -0.39 is 0 Å². The summed E-state index contributed by atoms with van der Waals surface area (Å²) in [6.07, 6.45) is 10.4. The molecule has 3 rings (SSSR count). The number of allylic oxidation sites excluding steroid dienone is 3. The topological polar surface area (TPSA) is 23.5 Å². The summed E-state index contributed by atoms with van der Waals surface area (Å²) in [5.74, 6) is 0. The minimum atomic E-state index is -0.270. The Kier molecular flexibility index (Phi) is 3.03. The minimum absolute atomic E-state index is 0.134. The summed E-state index contributed by atoms with van der Waals surface area (Å²) in [4.78, 5) is 2.36. The second kappa shape index (κ2) is 4.71. The van der Waals surface area contributed by atoms with Gasteiger partial charge in [-0.25, -0.2) is 0 Å². The van der Waals surface area contributed by atoms with E-state index in [-0.39, 0.29) is 12.0 Å². The molecule has 0 spiro atoms. The van der Waals surface area contributed by atoms with Gasteiger partial charge in [0.15, 0.2) is 0 Å². The summed E-state index contributed by atoms with van der Waals surface area (Å²) in [5.41, 5.74) is 3.73. The van der Waals surface area contributed by atoms with Gasteiger partial charge in [0.05, 0.1) is 6.61 Å². The van der Waals surface area contributed by atoms with Crippen molar-refractivity contribution in [2.75, 3.05) is 6.61 Å². The maximum atomic E-state index is 9.57. The molecule has 0 fully saturated rings. The van der Waals surface area contributed by atoms with Crippen molar-refractivity contribution in [3.05, 3.63) is 71.5 Å². The van der Waals surface area contributed by atoms with Crippen LogP contribution in [0.3, 0.4) is 0 Å². The Morgan fingerprint density at radius 3 is 2.47 bits per heavy atom. The molecular weight excluding hydrogens is 234 g/mol. The summed E-state index contributed by atoms with van der Waals surface area (Å²) in [6.45, 7) is 4.09. The Hall–Kier alpha value is -1.80. The molecule has 0 bridgehead atoms. The maximum Gasteiger partial charge on any atom is 0.0555 e. The lowest BCUT2D eigenvalue weighted by Crippen LogP contribution is -2.20. The summed E-state index contributed by atoms with van der Waals surface area (Å²) in [6, 6.07) is 8.58. The minimum Gasteiger partial charge on any atom is -0.395 e. The molecule has 2 heteroatoms. The molecule has 0 saturated heterocycles. The Bertz CT molecular complexity index is 545. The van der Waals surface area contributed by atoms with Gasteiger partial charge in [-0.3, -0.25) is 0 Å². The third-order valence-corrected chi connectivity index (χ3v) is 3.88. The normalized spacial score (nSPS) is 25.2. The van der Waals surface area contributed by atoms with Crippen molar-refractivity contribution in [1.29, 1.82) is 0 Å². The lowest BCUT2D eigenvalue weighted by molar-refractivity contribution is 0.217. The van der Waals surface area contributed by atoms with Crippen LogP contribution in [0.1, 0.15) is 18.1 Å². The summed E-state index contributed by atoms with van der Waals surface area (Å²) < 4.78 is 0. The SMILES string of the molecule is CC1(CO)C=CC=CC(N2Cc3ccccc3C2)=C1. The van der Waals surface area contributed by atoms with E-state index in [0.29, 0.717) is 0 Å². The van der Waals surface area contributed by atoms with Crippen LogP contribution in [0.15, 0.2) is 60.3 Å². The van der Waals surface area contributed by atoms with Gasteiger partial charge in [0.1, 0.15) is 0 Å². The van der Waals surface area contributed by atoms with Crippen LogP contribution in [0.5, 0.6) is 0 Å². The van der Waals surface area contributed by atoms with Crippen LogP contribution in [0.25, 0.3) is 0 Å². The lowest BCUT2D eigenvalue weighted by Gasteiger charge is -2.24. The molecule has 1 unspecified atom stereocenters. The van der Waals surface area contributed by atoms with Crippen molar-refractivity contribution < 1.29 is 5.11 Å². The van der Waals surface area contributed by atoms with Gasteiger partial charge in [0.25, 0.3) is 0 Å². The molecule has 0 aromatic heterocycles. The molecule has 1 aliphatic heterocycles. The number of fused-ring (bicyclic) bond motifs is 1. The van der Waals surface area contributed by atoms with E-state index >= 15 is 0 Å². The van der Waals surface area contributed by atoms with Crippen molar-refractivity contribution >= 4 is 0 Å². The number of hydrogen-bond acceptors (Lipinski definition) is 2. The second-order valence-electron chi connectivity index (χ2n) is 5.58. The molecule has 1 atom stereocenters. The Labute approximate surface area is 114 Å². The highest BCUT2D eigenvalue weighted by Gasteiger charge is 2.24. The molecule has 19 heavy (non-hydrogen) atoms. The largest absolute Gasteiger partial charge is 0.395 e. The molecule has 1 aromatic rings. The average molecular weight is 253 g/mol. The highest BCUT2D eigenvalue weighted by Crippen LogP contribution is 2.31. The zero-order chi connectivity index (χ0) is 13.3. The molecule has 1 heterocycles. The third kappa shape index (κ3) is 2.36. The first-order chi connectivity index (χ1) is 9.20. The van der Waals surface area contributed by atoms with Crippen molar-refractivity contribution in [1.82, 2.24) is 4.90 Å². The zero-order valence-corrected chi connectivity index (χ0v) is 11.2. The standard InChI is InChI=1S/C17H19NO/c1-17(13-19)9-5-4-8-16(10-17)18-11-14-6-2-3-7-15(14)12-18/h2-10,19H,11-13H2,1H3. The number of rotatable bonds is 2. The van der Waals surface area contributed by atoms with Crippen molar-refractivity contribution in [3.8, 4) is 0 Å². The van der Waals surface area contributed by atoms with Crippen molar-refractivity contribution in [3.63, 3.8) is 0 Å². The predicted octanol–water partition coefficient (Wildman–Crippen LogP) is 3.01. The Balaban J connectivity index is 1.88. The van der Waals surface area contributed by atoms with Crippen LogP contribution in [-0.4, -0.2) is 16.6 Å². The fourth-order valence-electron chi connectivity index (χ4n) is 2.67. The molecule has 1 aromatic carbocycles. The van der Waals surface area contributed by atoms with Gasteiger partial charge in [-0.2, -0.15) is 0 Å². The Morgan fingerprint density at radius 1 is 1.16 bits per heavy atom. The molecule has 2 aliphatic rings. The number of nitrogens with zero attached hydrogens (tertiary/aromatic N) is 1. The van der Waals surface area contributed by atoms with E-state index in [2.05, 4.69) is 60.4 Å². The van der Waals surface area contributed by atoms with E-state index in [4.69, 9.17) is 0 Å². The lowest BCUT2D eigenvalue weighted by atomic mass is 9.90. The monoisotopic (exact) mass is 253 g/mol. The van der Waals surface area contributed by atoms with Crippen LogP contribution in [0.2, 0.25) is 0 Å². The number of aliphatic hydroxyl groups is 1. The smallest absolute Gasteiger partial charge is 0.0555 e. The van der Waals surface area contributed by atoms with Gasteiger partial charge in [0, 0.05) is 24.2 Å². The van der Waals surface area contributed by atoms with Gasteiger partial charge in [-0.05, 0) is 23.3 Å². The molecule has 0 radical (unpaired) electrons. The van der Waals surface area contributed by atoms with Crippen molar-refractivity contribution in [2.24, 2.45) is 5.41 Å². The van der Waals surface area contributed by atoms with E-state index in [1.54, 1.807) is 0 Å². The predicted molar refractivity (Wildman–Crippen MR) is 77.2 cm³/mol. The van der Waals surface area contributed by atoms with E-state index in [9.17, 15) is 5.11 Å². The van der Waals surface area contributed by atoms with Crippen LogP contribution in [0.4, 0.5) is 0 Å². The molecule has 2 nitrogen and oxygen atoms in total. The van der Waals surface area contributed by atoms with Gasteiger partial charge in [0.2, 0.25) is 0 Å². The Morgan fingerprint density at radius 2 is 1.84 bits per heavy atom. The molecule has 98 valence electrons. The van der Waals surface area contributed by atoms with Crippen LogP contribution < -0.4 is 0 Å². The number of benzene rings is 1. The number of hydrogen-bond donors (Lipinski definition) is 1. The average Bonchev–Trinajstić information content (AvgIpc) is 2.76. The van der Waals surface area contributed by atoms with Gasteiger partial charge in [-0.15, -0.1) is 0 Å². The maximum absolute atomic E-state index is 9.57. The van der Waals surface area contributed by atoms with Crippen LogP contribution >= 0.6 is 0 Å². The molecular formula is C17H19NO. The first kappa shape index (κ1) is 12.2. The molecule has 0 saturated carbocycles. The quantitative estimate of drug-likeness (QED) is 0.875. The highest BCUT2D eigenvalue weighted by molar-refractivity contribution is 5.36. The second-order valence-corrected chi connectivity index (χ2v) is 5.58. The summed E-state index contributed by atoms with van der Waals surface area (Å²) in [5, 5.41) is 9.57. The first-order valence-corrected chi connectivity index (χ1v) is 6.72. The molecule has 0 amide bonds. The van der Waals surface area contributed by atoms with Gasteiger partial charge in [-0.1, -0.05) is 49.4 Å². The van der Waals surface area contributed by atoms with E-state index in [1.165, 1.54) is 16.8 Å².